The average molecular weight is 255 g/mol. The van der Waals surface area contributed by atoms with Crippen molar-refractivity contribution in [3.63, 3.8) is 0 Å². The van der Waals surface area contributed by atoms with Gasteiger partial charge in [-0.05, 0) is 12.1 Å². The molecule has 0 saturated heterocycles. The minimum atomic E-state index is -0.646. The van der Waals surface area contributed by atoms with E-state index in [0.29, 0.717) is 23.5 Å². The van der Waals surface area contributed by atoms with Crippen LogP contribution in [0.4, 0.5) is 8.78 Å². The van der Waals surface area contributed by atoms with Crippen LogP contribution in [-0.2, 0) is 6.42 Å². The molecule has 0 bridgehead atoms. The maximum Gasteiger partial charge on any atom is 0.133 e. The predicted octanol–water partition coefficient (Wildman–Crippen LogP) is 3.64. The van der Waals surface area contributed by atoms with Crippen molar-refractivity contribution < 1.29 is 8.78 Å². The van der Waals surface area contributed by atoms with Gasteiger partial charge < -0.3 is 0 Å². The fourth-order valence-corrected chi connectivity index (χ4v) is 1.67. The molecule has 0 saturated carbocycles. The van der Waals surface area contributed by atoms with Crippen molar-refractivity contribution in [2.45, 2.75) is 13.3 Å². The molecule has 0 aliphatic carbocycles. The number of rotatable bonds is 2. The van der Waals surface area contributed by atoms with Crippen LogP contribution in [0, 0.1) is 11.6 Å². The van der Waals surface area contributed by atoms with E-state index in [4.69, 9.17) is 11.6 Å². The van der Waals surface area contributed by atoms with E-state index >= 15 is 0 Å². The van der Waals surface area contributed by atoms with Gasteiger partial charge >= 0.3 is 0 Å². The molecule has 0 N–H and O–H groups in total. The molecule has 0 fully saturated rings. The number of hydrogen-bond donors (Lipinski definition) is 0. The third-order valence-electron chi connectivity index (χ3n) is 2.22. The Bertz CT molecular complexity index is 538. The first-order chi connectivity index (χ1) is 8.08. The largest absolute Gasteiger partial charge is 0.233 e. The minimum absolute atomic E-state index is 0.261. The zero-order valence-corrected chi connectivity index (χ0v) is 9.80. The van der Waals surface area contributed by atoms with Crippen molar-refractivity contribution in [1.29, 1.82) is 0 Å². The number of aromatic nitrogens is 2. The topological polar surface area (TPSA) is 25.8 Å². The lowest BCUT2D eigenvalue weighted by molar-refractivity contribution is 0.584. The Balaban J connectivity index is 2.55. The summed E-state index contributed by atoms with van der Waals surface area (Å²) < 4.78 is 26.2. The van der Waals surface area contributed by atoms with Gasteiger partial charge in [-0.3, -0.25) is 0 Å². The Morgan fingerprint density at radius 1 is 1.06 bits per heavy atom. The van der Waals surface area contributed by atoms with Crippen LogP contribution in [-0.4, -0.2) is 9.97 Å². The van der Waals surface area contributed by atoms with Crippen LogP contribution in [0.1, 0.15) is 12.7 Å². The lowest BCUT2D eigenvalue weighted by Crippen LogP contribution is -1.96. The van der Waals surface area contributed by atoms with E-state index in [9.17, 15) is 8.78 Å². The highest BCUT2D eigenvalue weighted by Gasteiger charge is 2.07. The van der Waals surface area contributed by atoms with Crippen LogP contribution in [0.2, 0.25) is 5.15 Å². The van der Waals surface area contributed by atoms with Gasteiger partial charge in [0.25, 0.3) is 0 Å². The summed E-state index contributed by atoms with van der Waals surface area (Å²) in [4.78, 5) is 8.17. The number of benzene rings is 1. The Hall–Kier alpha value is -1.55. The van der Waals surface area contributed by atoms with Gasteiger partial charge in [0, 0.05) is 24.1 Å². The van der Waals surface area contributed by atoms with Gasteiger partial charge in [0.05, 0.1) is 5.69 Å². The molecule has 88 valence electrons. The molecule has 2 aromatic rings. The van der Waals surface area contributed by atoms with Crippen LogP contribution < -0.4 is 0 Å². The Morgan fingerprint density at radius 3 is 2.29 bits per heavy atom. The van der Waals surface area contributed by atoms with E-state index in [-0.39, 0.29) is 5.15 Å². The fraction of sp³-hybridized carbons (Fsp3) is 0.167. The molecule has 1 aromatic heterocycles. The van der Waals surface area contributed by atoms with Gasteiger partial charge in [-0.25, -0.2) is 18.7 Å². The van der Waals surface area contributed by atoms with Crippen molar-refractivity contribution >= 4 is 11.6 Å². The summed E-state index contributed by atoms with van der Waals surface area (Å²) in [5.41, 5.74) is 0.766. The summed E-state index contributed by atoms with van der Waals surface area (Å²) in [5.74, 6) is -0.752. The summed E-state index contributed by atoms with van der Waals surface area (Å²) in [6, 6.07) is 4.71. The van der Waals surface area contributed by atoms with Crippen molar-refractivity contribution in [3.05, 3.63) is 46.9 Å². The first-order valence-corrected chi connectivity index (χ1v) is 5.46. The van der Waals surface area contributed by atoms with E-state index < -0.39 is 11.6 Å². The summed E-state index contributed by atoms with van der Waals surface area (Å²) >= 11 is 5.82. The molecule has 5 heteroatoms. The van der Waals surface area contributed by atoms with Gasteiger partial charge in [0.15, 0.2) is 0 Å². The maximum absolute atomic E-state index is 13.1. The van der Waals surface area contributed by atoms with E-state index in [1.54, 1.807) is 0 Å². The number of aryl methyl sites for hydroxylation is 1. The Kier molecular flexibility index (Phi) is 3.33. The van der Waals surface area contributed by atoms with Crippen molar-refractivity contribution in [3.8, 4) is 11.3 Å². The first kappa shape index (κ1) is 11.9. The van der Waals surface area contributed by atoms with Gasteiger partial charge in [-0.15, -0.1) is 0 Å². The van der Waals surface area contributed by atoms with Gasteiger partial charge in [-0.2, -0.15) is 0 Å². The molecule has 0 radical (unpaired) electrons. The van der Waals surface area contributed by atoms with Crippen molar-refractivity contribution in [2.24, 2.45) is 0 Å². The molecule has 0 atom stereocenters. The summed E-state index contributed by atoms with van der Waals surface area (Å²) in [5, 5.41) is 0.261. The van der Waals surface area contributed by atoms with Crippen LogP contribution >= 0.6 is 11.6 Å². The standard InChI is InChI=1S/C12H9ClF2N2/c1-2-12-16-10(6-11(13)17-12)7-3-8(14)5-9(15)4-7/h3-6H,2H2,1H3. The molecule has 2 rings (SSSR count). The monoisotopic (exact) mass is 254 g/mol. The van der Waals surface area contributed by atoms with E-state index in [1.165, 1.54) is 18.2 Å². The van der Waals surface area contributed by atoms with Crippen molar-refractivity contribution in [2.75, 3.05) is 0 Å². The molecule has 0 amide bonds. The van der Waals surface area contributed by atoms with Gasteiger partial charge in [-0.1, -0.05) is 18.5 Å². The SMILES string of the molecule is CCc1nc(Cl)cc(-c2cc(F)cc(F)c2)n1. The lowest BCUT2D eigenvalue weighted by Gasteiger charge is -2.04. The minimum Gasteiger partial charge on any atom is -0.233 e. The van der Waals surface area contributed by atoms with E-state index in [1.807, 2.05) is 6.92 Å². The number of nitrogens with zero attached hydrogens (tertiary/aromatic N) is 2. The maximum atomic E-state index is 13.1. The van der Waals surface area contributed by atoms with Gasteiger partial charge in [0.2, 0.25) is 0 Å². The third kappa shape index (κ3) is 2.77. The third-order valence-corrected chi connectivity index (χ3v) is 2.41. The van der Waals surface area contributed by atoms with Crippen molar-refractivity contribution in [1.82, 2.24) is 9.97 Å². The smallest absolute Gasteiger partial charge is 0.133 e. The molecule has 0 aliphatic rings. The quantitative estimate of drug-likeness (QED) is 0.765. The first-order valence-electron chi connectivity index (χ1n) is 5.08. The zero-order chi connectivity index (χ0) is 12.4. The number of hydrogen-bond acceptors (Lipinski definition) is 2. The molecule has 1 heterocycles. The second kappa shape index (κ2) is 4.75. The van der Waals surface area contributed by atoms with E-state index in [2.05, 4.69) is 9.97 Å². The highest BCUT2D eigenvalue weighted by Crippen LogP contribution is 2.22. The summed E-state index contributed by atoms with van der Waals surface area (Å²) in [6.45, 7) is 1.88. The van der Waals surface area contributed by atoms with E-state index in [0.717, 1.165) is 6.07 Å². The molecule has 0 unspecified atom stereocenters. The zero-order valence-electron chi connectivity index (χ0n) is 9.04. The Morgan fingerprint density at radius 2 is 1.71 bits per heavy atom. The molecule has 2 nitrogen and oxygen atoms in total. The molecular weight excluding hydrogens is 246 g/mol. The molecule has 1 aromatic carbocycles. The summed E-state index contributed by atoms with van der Waals surface area (Å²) in [6.07, 6.45) is 0.603. The number of halogens is 3. The average Bonchev–Trinajstić information content (AvgIpc) is 2.26. The molecular formula is C12H9ClF2N2. The second-order valence-corrected chi connectivity index (χ2v) is 3.89. The normalized spacial score (nSPS) is 10.6. The molecule has 0 spiro atoms. The Labute approximate surface area is 102 Å². The lowest BCUT2D eigenvalue weighted by atomic mass is 10.1. The predicted molar refractivity (Wildman–Crippen MR) is 61.8 cm³/mol. The highest BCUT2D eigenvalue weighted by atomic mass is 35.5. The van der Waals surface area contributed by atoms with Crippen LogP contribution in [0.15, 0.2) is 24.3 Å². The van der Waals surface area contributed by atoms with Crippen LogP contribution in [0.3, 0.4) is 0 Å². The second-order valence-electron chi connectivity index (χ2n) is 3.50. The molecule has 17 heavy (non-hydrogen) atoms. The van der Waals surface area contributed by atoms with Gasteiger partial charge in [0.1, 0.15) is 22.6 Å². The molecule has 0 aliphatic heterocycles. The van der Waals surface area contributed by atoms with Crippen LogP contribution in [0.5, 0.6) is 0 Å². The van der Waals surface area contributed by atoms with Crippen LogP contribution in [0.25, 0.3) is 11.3 Å². The fourth-order valence-electron chi connectivity index (χ4n) is 1.47. The highest BCUT2D eigenvalue weighted by molar-refractivity contribution is 6.29. The summed E-state index contributed by atoms with van der Waals surface area (Å²) in [7, 11) is 0.